The molecule has 29 heavy (non-hydrogen) atoms. The van der Waals surface area contributed by atoms with Crippen molar-refractivity contribution in [2.45, 2.75) is 32.6 Å². The zero-order valence-corrected chi connectivity index (χ0v) is 17.1. The van der Waals surface area contributed by atoms with Crippen LogP contribution in [0.2, 0.25) is 0 Å². The fourth-order valence-electron chi connectivity index (χ4n) is 4.90. The quantitative estimate of drug-likeness (QED) is 0.357. The number of rotatable bonds is 2. The van der Waals surface area contributed by atoms with E-state index < -0.39 is 0 Å². The molecule has 0 bridgehead atoms. The largest absolute Gasteiger partial charge is 0.372 e. The summed E-state index contributed by atoms with van der Waals surface area (Å²) in [7, 11) is 0. The first-order valence-electron chi connectivity index (χ1n) is 10.8. The second-order valence-electron chi connectivity index (χ2n) is 8.69. The zero-order chi connectivity index (χ0) is 19.5. The van der Waals surface area contributed by atoms with Crippen molar-refractivity contribution in [2.75, 3.05) is 18.0 Å². The molecule has 0 unspecified atom stereocenters. The van der Waals surface area contributed by atoms with Gasteiger partial charge in [0, 0.05) is 35.6 Å². The number of fused-ring (bicyclic) bond motifs is 7. The summed E-state index contributed by atoms with van der Waals surface area (Å²) < 4.78 is 4.72. The van der Waals surface area contributed by atoms with Gasteiger partial charge in [-0.3, -0.25) is 0 Å². The molecule has 1 fully saturated rings. The predicted octanol–water partition coefficient (Wildman–Crippen LogP) is 5.71. The van der Waals surface area contributed by atoms with Crippen LogP contribution in [-0.2, 0) is 0 Å². The summed E-state index contributed by atoms with van der Waals surface area (Å²) in [6, 6.07) is 22.8. The Kier molecular flexibility index (Phi) is 3.61. The molecule has 3 aromatic heterocycles. The normalized spacial score (nSPS) is 14.9. The van der Waals surface area contributed by atoms with Crippen molar-refractivity contribution in [3.63, 3.8) is 0 Å². The van der Waals surface area contributed by atoms with Crippen molar-refractivity contribution in [1.82, 2.24) is 4.40 Å². The Morgan fingerprint density at radius 2 is 1.66 bits per heavy atom. The summed E-state index contributed by atoms with van der Waals surface area (Å²) in [5, 5.41) is 2.60. The van der Waals surface area contributed by atoms with E-state index in [4.69, 9.17) is 0 Å². The van der Waals surface area contributed by atoms with Crippen LogP contribution in [0, 0.1) is 0 Å². The lowest BCUT2D eigenvalue weighted by Gasteiger charge is -2.17. The molecule has 3 heteroatoms. The minimum absolute atomic E-state index is 0.543. The molecule has 4 heterocycles. The highest BCUT2D eigenvalue weighted by molar-refractivity contribution is 5.88. The summed E-state index contributed by atoms with van der Waals surface area (Å²) in [6.45, 7) is 6.87. The van der Waals surface area contributed by atoms with Crippen LogP contribution in [0.25, 0.3) is 33.0 Å². The number of anilines is 1. The molecule has 0 N–H and O–H groups in total. The van der Waals surface area contributed by atoms with Crippen LogP contribution in [-0.4, -0.2) is 17.5 Å². The van der Waals surface area contributed by atoms with E-state index in [0.717, 1.165) is 0 Å². The Morgan fingerprint density at radius 3 is 2.48 bits per heavy atom. The number of aromatic nitrogens is 2. The predicted molar refractivity (Wildman–Crippen MR) is 121 cm³/mol. The van der Waals surface area contributed by atoms with E-state index in [1.165, 1.54) is 70.2 Å². The summed E-state index contributed by atoms with van der Waals surface area (Å²) >= 11 is 0. The summed E-state index contributed by atoms with van der Waals surface area (Å²) in [6.07, 6.45) is 4.88. The van der Waals surface area contributed by atoms with Crippen molar-refractivity contribution >= 4 is 38.7 Å². The third-order valence-corrected chi connectivity index (χ3v) is 6.54. The number of hydrogen-bond donors (Lipinski definition) is 0. The molecule has 0 spiro atoms. The molecule has 2 aromatic carbocycles. The minimum Gasteiger partial charge on any atom is -0.372 e. The van der Waals surface area contributed by atoms with Crippen molar-refractivity contribution in [2.24, 2.45) is 0 Å². The number of hydrogen-bond acceptors (Lipinski definition) is 1. The van der Waals surface area contributed by atoms with E-state index in [-0.39, 0.29) is 0 Å². The Hall–Kier alpha value is -3.07. The lowest BCUT2D eigenvalue weighted by atomic mass is 10.0. The molecular weight excluding hydrogens is 354 g/mol. The first-order chi connectivity index (χ1) is 14.2. The third-order valence-electron chi connectivity index (χ3n) is 6.54. The second-order valence-corrected chi connectivity index (χ2v) is 8.69. The van der Waals surface area contributed by atoms with Gasteiger partial charge in [-0.15, -0.1) is 0 Å². The maximum Gasteiger partial charge on any atom is 0.292 e. The smallest absolute Gasteiger partial charge is 0.292 e. The molecule has 5 aromatic rings. The summed E-state index contributed by atoms with van der Waals surface area (Å²) in [4.78, 5) is 2.51. The van der Waals surface area contributed by atoms with Gasteiger partial charge in [-0.1, -0.05) is 19.9 Å². The van der Waals surface area contributed by atoms with Crippen LogP contribution in [0.15, 0.2) is 66.9 Å². The number of benzene rings is 2. The van der Waals surface area contributed by atoms with Crippen molar-refractivity contribution in [3.8, 4) is 0 Å². The maximum atomic E-state index is 2.51. The molecule has 0 saturated carbocycles. The summed E-state index contributed by atoms with van der Waals surface area (Å²) in [5.74, 6) is 0.543. The van der Waals surface area contributed by atoms with Gasteiger partial charge in [0.05, 0.1) is 0 Å². The van der Waals surface area contributed by atoms with E-state index in [1.54, 1.807) is 0 Å². The molecule has 144 valence electrons. The van der Waals surface area contributed by atoms with Crippen molar-refractivity contribution < 1.29 is 4.40 Å². The van der Waals surface area contributed by atoms with E-state index >= 15 is 0 Å². The van der Waals surface area contributed by atoms with E-state index in [1.807, 2.05) is 0 Å². The zero-order valence-electron chi connectivity index (χ0n) is 17.1. The Labute approximate surface area is 170 Å². The Balaban J connectivity index is 1.61. The fourth-order valence-corrected chi connectivity index (χ4v) is 4.90. The van der Waals surface area contributed by atoms with Gasteiger partial charge in [0.1, 0.15) is 17.2 Å². The van der Waals surface area contributed by atoms with Crippen molar-refractivity contribution in [1.29, 1.82) is 0 Å². The van der Waals surface area contributed by atoms with Gasteiger partial charge in [0.25, 0.3) is 5.65 Å². The van der Waals surface area contributed by atoms with Crippen LogP contribution in [0.1, 0.15) is 38.2 Å². The van der Waals surface area contributed by atoms with Crippen LogP contribution >= 0.6 is 0 Å². The first-order valence-corrected chi connectivity index (χ1v) is 10.8. The molecule has 0 atom stereocenters. The molecule has 1 aliphatic rings. The minimum atomic E-state index is 0.543. The lowest BCUT2D eigenvalue weighted by molar-refractivity contribution is -0.479. The molecular formula is C26H26N3+. The van der Waals surface area contributed by atoms with E-state index in [9.17, 15) is 0 Å². The molecule has 0 amide bonds. The molecule has 0 aliphatic carbocycles. The number of nitrogens with zero attached hydrogens (tertiary/aromatic N) is 3. The first kappa shape index (κ1) is 16.8. The fraction of sp³-hybridized carbons (Fsp3) is 0.269. The maximum absolute atomic E-state index is 2.51. The van der Waals surface area contributed by atoms with Gasteiger partial charge in [0.2, 0.25) is 0 Å². The van der Waals surface area contributed by atoms with Gasteiger partial charge >= 0.3 is 0 Å². The van der Waals surface area contributed by atoms with E-state index in [2.05, 4.69) is 94.4 Å². The highest BCUT2D eigenvalue weighted by Crippen LogP contribution is 2.28. The van der Waals surface area contributed by atoms with Gasteiger partial charge < -0.3 is 4.90 Å². The Morgan fingerprint density at radius 1 is 0.828 bits per heavy atom. The topological polar surface area (TPSA) is 11.8 Å². The second kappa shape index (κ2) is 6.21. The highest BCUT2D eigenvalue weighted by Gasteiger charge is 2.18. The molecule has 0 radical (unpaired) electrons. The molecule has 1 saturated heterocycles. The van der Waals surface area contributed by atoms with E-state index in [0.29, 0.717) is 5.92 Å². The standard InChI is InChI=1S/C26H26N3/c1-18(2)19-6-10-24-20(15-19)7-12-26-28(24)17-23-8-5-21-16-22(27-13-3-4-14-27)9-11-25(21)29(23)26/h5-12,15-18H,3-4,13-14H2,1-2H3/q+1. The van der Waals surface area contributed by atoms with Gasteiger partial charge in [-0.05, 0) is 72.9 Å². The van der Waals surface area contributed by atoms with Crippen molar-refractivity contribution in [3.05, 3.63) is 72.4 Å². The lowest BCUT2D eigenvalue weighted by Crippen LogP contribution is -2.20. The summed E-state index contributed by atoms with van der Waals surface area (Å²) in [5.41, 5.74) is 7.71. The average Bonchev–Trinajstić information content (AvgIpc) is 3.40. The Bertz CT molecular complexity index is 1390. The monoisotopic (exact) mass is 380 g/mol. The van der Waals surface area contributed by atoms with Crippen LogP contribution in [0.3, 0.4) is 0 Å². The SMILES string of the molecule is CC(C)c1ccc2c(ccc3n4c(ccc5cc(N6CCCC6)ccc54)c[n+]23)c1. The third kappa shape index (κ3) is 2.53. The van der Waals surface area contributed by atoms with Gasteiger partial charge in [0.15, 0.2) is 5.52 Å². The molecule has 1 aliphatic heterocycles. The number of imidazole rings is 1. The van der Waals surface area contributed by atoms with Crippen LogP contribution < -0.4 is 9.30 Å². The number of pyridine rings is 2. The molecule has 3 nitrogen and oxygen atoms in total. The average molecular weight is 381 g/mol. The van der Waals surface area contributed by atoms with Crippen LogP contribution in [0.4, 0.5) is 5.69 Å². The van der Waals surface area contributed by atoms with Crippen LogP contribution in [0.5, 0.6) is 0 Å². The highest BCUT2D eigenvalue weighted by atomic mass is 15.1. The van der Waals surface area contributed by atoms with Gasteiger partial charge in [-0.2, -0.15) is 8.80 Å². The van der Waals surface area contributed by atoms with Gasteiger partial charge in [-0.25, -0.2) is 0 Å². The molecule has 6 rings (SSSR count).